The molecule has 1 aromatic carbocycles. The van der Waals surface area contributed by atoms with E-state index in [0.717, 1.165) is 17.4 Å². The molecule has 0 atom stereocenters. The minimum absolute atomic E-state index is 0.0403. The van der Waals surface area contributed by atoms with Crippen LogP contribution in [-0.2, 0) is 15.9 Å². The van der Waals surface area contributed by atoms with Crippen LogP contribution in [0.15, 0.2) is 18.2 Å². The van der Waals surface area contributed by atoms with E-state index in [9.17, 15) is 13.2 Å². The SMILES string of the molecule is CC1(C)ON(c2cc(C(F)(F)F)ccc2N)OC1(C)C. The molecule has 1 heterocycles. The van der Waals surface area contributed by atoms with Crippen molar-refractivity contribution < 1.29 is 22.8 Å². The van der Waals surface area contributed by atoms with Crippen molar-refractivity contribution in [3.8, 4) is 0 Å². The monoisotopic (exact) mass is 290 g/mol. The van der Waals surface area contributed by atoms with Crippen molar-refractivity contribution in [1.29, 1.82) is 0 Å². The minimum Gasteiger partial charge on any atom is -0.397 e. The summed E-state index contributed by atoms with van der Waals surface area (Å²) in [5.74, 6) is 0. The highest BCUT2D eigenvalue weighted by atomic mass is 19.4. The molecule has 20 heavy (non-hydrogen) atoms. The summed E-state index contributed by atoms with van der Waals surface area (Å²) < 4.78 is 38.2. The second kappa shape index (κ2) is 4.26. The largest absolute Gasteiger partial charge is 0.416 e. The molecule has 0 bridgehead atoms. The van der Waals surface area contributed by atoms with Crippen LogP contribution in [0.2, 0.25) is 0 Å². The normalized spacial score (nSPS) is 21.2. The molecule has 2 rings (SSSR count). The lowest BCUT2D eigenvalue weighted by molar-refractivity contribution is -0.137. The Hall–Kier alpha value is -1.47. The first-order valence-electron chi connectivity index (χ1n) is 6.09. The summed E-state index contributed by atoms with van der Waals surface area (Å²) in [6.07, 6.45) is -4.45. The van der Waals surface area contributed by atoms with E-state index in [1.165, 1.54) is 6.07 Å². The lowest BCUT2D eigenvalue weighted by Gasteiger charge is -2.26. The molecule has 0 amide bonds. The van der Waals surface area contributed by atoms with Crippen molar-refractivity contribution in [2.24, 2.45) is 0 Å². The van der Waals surface area contributed by atoms with Gasteiger partial charge in [0.25, 0.3) is 0 Å². The first-order chi connectivity index (χ1) is 8.94. The Labute approximate surface area is 115 Å². The molecule has 0 radical (unpaired) electrons. The third-order valence-electron chi connectivity index (χ3n) is 3.63. The van der Waals surface area contributed by atoms with Crippen LogP contribution < -0.4 is 11.0 Å². The molecule has 1 aromatic rings. The van der Waals surface area contributed by atoms with E-state index in [2.05, 4.69) is 0 Å². The van der Waals surface area contributed by atoms with Crippen molar-refractivity contribution in [2.75, 3.05) is 11.0 Å². The maximum absolute atomic E-state index is 12.7. The van der Waals surface area contributed by atoms with Gasteiger partial charge in [0.1, 0.15) is 16.9 Å². The van der Waals surface area contributed by atoms with Gasteiger partial charge < -0.3 is 5.73 Å². The molecule has 2 N–H and O–H groups in total. The average molecular weight is 290 g/mol. The highest BCUT2D eigenvalue weighted by molar-refractivity contribution is 5.67. The van der Waals surface area contributed by atoms with Gasteiger partial charge >= 0.3 is 6.18 Å². The molecule has 112 valence electrons. The number of rotatable bonds is 1. The molecule has 0 aromatic heterocycles. The molecule has 1 fully saturated rings. The van der Waals surface area contributed by atoms with Gasteiger partial charge in [-0.2, -0.15) is 13.2 Å². The fraction of sp³-hybridized carbons (Fsp3) is 0.538. The van der Waals surface area contributed by atoms with E-state index in [4.69, 9.17) is 15.4 Å². The first-order valence-corrected chi connectivity index (χ1v) is 6.09. The fourth-order valence-electron chi connectivity index (χ4n) is 1.63. The van der Waals surface area contributed by atoms with Crippen molar-refractivity contribution >= 4 is 11.4 Å². The lowest BCUT2D eigenvalue weighted by Crippen LogP contribution is -2.41. The number of hydrogen-bond donors (Lipinski definition) is 1. The first kappa shape index (κ1) is 14.9. The minimum atomic E-state index is -4.45. The second-order valence-corrected chi connectivity index (χ2v) is 5.73. The van der Waals surface area contributed by atoms with Crippen LogP contribution in [0, 0.1) is 0 Å². The van der Waals surface area contributed by atoms with Crippen LogP contribution in [0.4, 0.5) is 24.5 Å². The van der Waals surface area contributed by atoms with Gasteiger partial charge in [0, 0.05) is 0 Å². The van der Waals surface area contributed by atoms with Crippen LogP contribution in [0.3, 0.4) is 0 Å². The average Bonchev–Trinajstić information content (AvgIpc) is 2.46. The molecular formula is C13H17F3N2O2. The quantitative estimate of drug-likeness (QED) is 0.804. The third kappa shape index (κ3) is 2.43. The number of anilines is 2. The van der Waals surface area contributed by atoms with E-state index in [1.807, 2.05) is 0 Å². The lowest BCUT2D eigenvalue weighted by atomic mass is 9.90. The van der Waals surface area contributed by atoms with Crippen molar-refractivity contribution in [1.82, 2.24) is 0 Å². The number of halogens is 3. The van der Waals surface area contributed by atoms with Crippen LogP contribution in [0.5, 0.6) is 0 Å². The zero-order chi connectivity index (χ0) is 15.3. The number of alkyl halides is 3. The summed E-state index contributed by atoms with van der Waals surface area (Å²) in [6.45, 7) is 7.15. The summed E-state index contributed by atoms with van der Waals surface area (Å²) >= 11 is 0. The van der Waals surface area contributed by atoms with Gasteiger partial charge in [-0.25, -0.2) is 9.68 Å². The van der Waals surface area contributed by atoms with Gasteiger partial charge in [0.2, 0.25) is 0 Å². The topological polar surface area (TPSA) is 47.7 Å². The maximum Gasteiger partial charge on any atom is 0.416 e. The van der Waals surface area contributed by atoms with Gasteiger partial charge in [-0.05, 0) is 45.9 Å². The van der Waals surface area contributed by atoms with Crippen LogP contribution >= 0.6 is 0 Å². The van der Waals surface area contributed by atoms with Crippen molar-refractivity contribution in [2.45, 2.75) is 45.1 Å². The number of nitrogens with two attached hydrogens (primary N) is 1. The van der Waals surface area contributed by atoms with Crippen LogP contribution in [0.25, 0.3) is 0 Å². The summed E-state index contributed by atoms with van der Waals surface area (Å²) in [6, 6.07) is 3.02. The summed E-state index contributed by atoms with van der Waals surface area (Å²) in [7, 11) is 0. The van der Waals surface area contributed by atoms with Crippen LogP contribution in [-0.4, -0.2) is 11.2 Å². The van der Waals surface area contributed by atoms with E-state index in [-0.39, 0.29) is 11.4 Å². The summed E-state index contributed by atoms with van der Waals surface area (Å²) in [4.78, 5) is 11.1. The van der Waals surface area contributed by atoms with E-state index in [0.29, 0.717) is 0 Å². The molecule has 7 heteroatoms. The van der Waals surface area contributed by atoms with Gasteiger partial charge in [0.05, 0.1) is 11.3 Å². The predicted molar refractivity (Wildman–Crippen MR) is 68.7 cm³/mol. The molecular weight excluding hydrogens is 273 g/mol. The number of nitrogen functional groups attached to an aromatic ring is 1. The summed E-state index contributed by atoms with van der Waals surface area (Å²) in [5, 5.41) is 0.963. The molecule has 1 aliphatic heterocycles. The van der Waals surface area contributed by atoms with E-state index in [1.54, 1.807) is 27.7 Å². The molecule has 1 aliphatic rings. The molecule has 0 spiro atoms. The molecule has 0 aliphatic carbocycles. The highest BCUT2D eigenvalue weighted by Crippen LogP contribution is 2.43. The van der Waals surface area contributed by atoms with E-state index < -0.39 is 22.9 Å². The van der Waals surface area contributed by atoms with Gasteiger partial charge in [-0.1, -0.05) is 0 Å². The van der Waals surface area contributed by atoms with E-state index >= 15 is 0 Å². The standard InChI is InChI=1S/C13H17F3N2O2/c1-11(2)12(3,4)20-18(19-11)10-7-8(13(14,15)16)5-6-9(10)17/h5-7H,17H2,1-4H3. The number of hydrogen-bond acceptors (Lipinski definition) is 4. The Morgan fingerprint density at radius 3 is 2.00 bits per heavy atom. The summed E-state index contributed by atoms with van der Waals surface area (Å²) in [5.41, 5.74) is 3.70. The Balaban J connectivity index is 2.40. The zero-order valence-corrected chi connectivity index (χ0v) is 11.7. The van der Waals surface area contributed by atoms with Crippen molar-refractivity contribution in [3.63, 3.8) is 0 Å². The van der Waals surface area contributed by atoms with Gasteiger partial charge in [0.15, 0.2) is 0 Å². The maximum atomic E-state index is 12.7. The Morgan fingerprint density at radius 1 is 1.05 bits per heavy atom. The Kier molecular flexibility index (Phi) is 3.18. The molecule has 0 saturated carbocycles. The molecule has 0 unspecified atom stereocenters. The smallest absolute Gasteiger partial charge is 0.397 e. The molecule has 1 saturated heterocycles. The fourth-order valence-corrected chi connectivity index (χ4v) is 1.63. The van der Waals surface area contributed by atoms with Crippen molar-refractivity contribution in [3.05, 3.63) is 23.8 Å². The number of nitrogens with zero attached hydrogens (tertiary/aromatic N) is 1. The van der Waals surface area contributed by atoms with Gasteiger partial charge in [-0.3, -0.25) is 0 Å². The molecule has 4 nitrogen and oxygen atoms in total. The Bertz CT molecular complexity index is 511. The predicted octanol–water partition coefficient (Wildman–Crippen LogP) is 3.53. The second-order valence-electron chi connectivity index (χ2n) is 5.73. The zero-order valence-electron chi connectivity index (χ0n) is 11.7. The Morgan fingerprint density at radius 2 is 1.55 bits per heavy atom. The van der Waals surface area contributed by atoms with Gasteiger partial charge in [-0.15, -0.1) is 5.23 Å². The highest BCUT2D eigenvalue weighted by Gasteiger charge is 2.50. The third-order valence-corrected chi connectivity index (χ3v) is 3.63. The number of benzene rings is 1. The van der Waals surface area contributed by atoms with Crippen LogP contribution in [0.1, 0.15) is 33.3 Å².